The van der Waals surface area contributed by atoms with Gasteiger partial charge in [0.05, 0.1) is 20.8 Å². The fourth-order valence-corrected chi connectivity index (χ4v) is 3.59. The lowest BCUT2D eigenvalue weighted by molar-refractivity contribution is 0.271. The molecule has 2 bridgehead atoms. The molecule has 1 aromatic carbocycles. The Balaban J connectivity index is 2.25. The highest BCUT2D eigenvalue weighted by Gasteiger charge is 2.42. The van der Waals surface area contributed by atoms with Crippen LogP contribution in [0.4, 0.5) is 0 Å². The van der Waals surface area contributed by atoms with Gasteiger partial charge >= 0.3 is 0 Å². The molecule has 92 valence electrons. The topological polar surface area (TPSA) is 38.7 Å². The van der Waals surface area contributed by atoms with Crippen molar-refractivity contribution < 1.29 is 14.6 Å². The smallest absolute Gasteiger partial charge is 0.128 e. The fourth-order valence-electron chi connectivity index (χ4n) is 3.59. The van der Waals surface area contributed by atoms with Crippen LogP contribution in [-0.4, -0.2) is 19.3 Å². The van der Waals surface area contributed by atoms with Crippen molar-refractivity contribution in [3.8, 4) is 11.5 Å². The molecule has 3 nitrogen and oxygen atoms in total. The minimum Gasteiger partial charge on any atom is -0.496 e. The maximum atomic E-state index is 9.44. The highest BCUT2D eigenvalue weighted by Crippen LogP contribution is 2.59. The number of rotatable bonds is 3. The maximum Gasteiger partial charge on any atom is 0.128 e. The SMILES string of the molecule is COc1cc(CO)c(OC)c2c1C1CCC2C1. The molecule has 1 fully saturated rings. The van der Waals surface area contributed by atoms with Crippen LogP contribution in [0.3, 0.4) is 0 Å². The standard InChI is InChI=1S/C14H18O3/c1-16-11-6-10(7-15)14(17-2)13-9-4-3-8(5-9)12(11)13/h6,8-9,15H,3-5,7H2,1-2H3. The second-order valence-electron chi connectivity index (χ2n) is 4.96. The van der Waals surface area contributed by atoms with E-state index in [4.69, 9.17) is 9.47 Å². The Hall–Kier alpha value is -1.22. The van der Waals surface area contributed by atoms with Gasteiger partial charge in [0.25, 0.3) is 0 Å². The molecule has 3 heteroatoms. The first-order chi connectivity index (χ1) is 8.30. The van der Waals surface area contributed by atoms with Crippen LogP contribution in [0.2, 0.25) is 0 Å². The number of methoxy groups -OCH3 is 2. The van der Waals surface area contributed by atoms with Crippen molar-refractivity contribution >= 4 is 0 Å². The highest BCUT2D eigenvalue weighted by atomic mass is 16.5. The summed E-state index contributed by atoms with van der Waals surface area (Å²) in [5, 5.41) is 9.44. The van der Waals surface area contributed by atoms with E-state index in [-0.39, 0.29) is 6.61 Å². The number of aliphatic hydroxyl groups excluding tert-OH is 1. The van der Waals surface area contributed by atoms with Crippen molar-refractivity contribution in [2.24, 2.45) is 0 Å². The zero-order valence-corrected chi connectivity index (χ0v) is 10.3. The summed E-state index contributed by atoms with van der Waals surface area (Å²) in [5.74, 6) is 3.05. The van der Waals surface area contributed by atoms with Crippen LogP contribution >= 0.6 is 0 Å². The summed E-state index contributed by atoms with van der Waals surface area (Å²) < 4.78 is 11.0. The van der Waals surface area contributed by atoms with E-state index in [2.05, 4.69) is 0 Å². The minimum absolute atomic E-state index is 0.00417. The average Bonchev–Trinajstić information content (AvgIpc) is 2.98. The van der Waals surface area contributed by atoms with Gasteiger partial charge in [-0.25, -0.2) is 0 Å². The predicted octanol–water partition coefficient (Wildman–Crippen LogP) is 2.56. The molecule has 3 rings (SSSR count). The van der Waals surface area contributed by atoms with Gasteiger partial charge in [-0.15, -0.1) is 0 Å². The largest absolute Gasteiger partial charge is 0.496 e. The second-order valence-corrected chi connectivity index (χ2v) is 4.96. The van der Waals surface area contributed by atoms with Crippen molar-refractivity contribution in [2.75, 3.05) is 14.2 Å². The zero-order valence-electron chi connectivity index (χ0n) is 10.3. The molecule has 17 heavy (non-hydrogen) atoms. The molecule has 1 N–H and O–H groups in total. The first-order valence-corrected chi connectivity index (χ1v) is 6.18. The molecule has 2 unspecified atom stereocenters. The molecule has 0 amide bonds. The first-order valence-electron chi connectivity index (χ1n) is 6.18. The van der Waals surface area contributed by atoms with E-state index in [0.717, 1.165) is 17.1 Å². The average molecular weight is 234 g/mol. The summed E-state index contributed by atoms with van der Waals surface area (Å²) in [6.07, 6.45) is 3.72. The van der Waals surface area contributed by atoms with E-state index in [1.54, 1.807) is 14.2 Å². The quantitative estimate of drug-likeness (QED) is 0.873. The van der Waals surface area contributed by atoms with Gasteiger partial charge in [-0.1, -0.05) is 0 Å². The number of fused-ring (bicyclic) bond motifs is 5. The number of aliphatic hydroxyl groups is 1. The zero-order chi connectivity index (χ0) is 12.0. The summed E-state index contributed by atoms with van der Waals surface area (Å²) in [4.78, 5) is 0. The molecular formula is C14H18O3. The van der Waals surface area contributed by atoms with E-state index < -0.39 is 0 Å². The van der Waals surface area contributed by atoms with Crippen LogP contribution in [-0.2, 0) is 6.61 Å². The lowest BCUT2D eigenvalue weighted by Gasteiger charge is -2.23. The van der Waals surface area contributed by atoms with Gasteiger partial charge in [-0.2, -0.15) is 0 Å². The van der Waals surface area contributed by atoms with Crippen molar-refractivity contribution in [1.82, 2.24) is 0 Å². The van der Waals surface area contributed by atoms with E-state index >= 15 is 0 Å². The van der Waals surface area contributed by atoms with Crippen LogP contribution in [0.25, 0.3) is 0 Å². The second kappa shape index (κ2) is 3.91. The third-order valence-corrected chi connectivity index (χ3v) is 4.24. The van der Waals surface area contributed by atoms with E-state index in [9.17, 15) is 5.11 Å². The summed E-state index contributed by atoms with van der Waals surface area (Å²) >= 11 is 0. The highest BCUT2D eigenvalue weighted by molar-refractivity contribution is 5.60. The molecule has 2 atom stereocenters. The van der Waals surface area contributed by atoms with E-state index in [1.165, 1.54) is 30.4 Å². The molecule has 0 aliphatic heterocycles. The Labute approximate surface area is 101 Å². The summed E-state index contributed by atoms with van der Waals surface area (Å²) in [6.45, 7) is 0.00417. The predicted molar refractivity (Wildman–Crippen MR) is 64.8 cm³/mol. The van der Waals surface area contributed by atoms with Crippen molar-refractivity contribution in [2.45, 2.75) is 37.7 Å². The maximum absolute atomic E-state index is 9.44. The Kier molecular flexibility index (Phi) is 2.51. The Bertz CT molecular complexity index is 453. The van der Waals surface area contributed by atoms with Crippen molar-refractivity contribution in [1.29, 1.82) is 0 Å². The van der Waals surface area contributed by atoms with Gasteiger partial charge in [-0.05, 0) is 37.2 Å². The fraction of sp³-hybridized carbons (Fsp3) is 0.571. The molecule has 1 aromatic rings. The van der Waals surface area contributed by atoms with Gasteiger partial charge in [-0.3, -0.25) is 0 Å². The van der Waals surface area contributed by atoms with Gasteiger partial charge < -0.3 is 14.6 Å². The number of ether oxygens (including phenoxy) is 2. The van der Waals surface area contributed by atoms with E-state index in [0.29, 0.717) is 11.8 Å². The molecule has 1 saturated carbocycles. The van der Waals surface area contributed by atoms with Crippen LogP contribution in [0.5, 0.6) is 11.5 Å². The van der Waals surface area contributed by atoms with Gasteiger partial charge in [0.2, 0.25) is 0 Å². The summed E-state index contributed by atoms with van der Waals surface area (Å²) in [6, 6.07) is 1.93. The molecule has 0 radical (unpaired) electrons. The lowest BCUT2D eigenvalue weighted by atomic mass is 9.88. The first kappa shape index (κ1) is 10.9. The molecule has 0 spiro atoms. The summed E-state index contributed by atoms with van der Waals surface area (Å²) in [5.41, 5.74) is 3.47. The third kappa shape index (κ3) is 1.38. The Morgan fingerprint density at radius 2 is 1.88 bits per heavy atom. The molecular weight excluding hydrogens is 216 g/mol. The monoisotopic (exact) mass is 234 g/mol. The van der Waals surface area contributed by atoms with Crippen LogP contribution < -0.4 is 9.47 Å². The Morgan fingerprint density at radius 3 is 2.47 bits per heavy atom. The number of hydrogen-bond donors (Lipinski definition) is 1. The molecule has 0 heterocycles. The van der Waals surface area contributed by atoms with Gasteiger partial charge in [0, 0.05) is 16.7 Å². The van der Waals surface area contributed by atoms with Crippen molar-refractivity contribution in [3.63, 3.8) is 0 Å². The van der Waals surface area contributed by atoms with Crippen LogP contribution in [0.1, 0.15) is 47.8 Å². The van der Waals surface area contributed by atoms with E-state index in [1.807, 2.05) is 6.07 Å². The lowest BCUT2D eigenvalue weighted by Crippen LogP contribution is -2.06. The van der Waals surface area contributed by atoms with Gasteiger partial charge in [0.1, 0.15) is 11.5 Å². The molecule has 0 aromatic heterocycles. The molecule has 2 aliphatic carbocycles. The number of benzene rings is 1. The Morgan fingerprint density at radius 1 is 1.18 bits per heavy atom. The molecule has 2 aliphatic rings. The van der Waals surface area contributed by atoms with Gasteiger partial charge in [0.15, 0.2) is 0 Å². The summed E-state index contributed by atoms with van der Waals surface area (Å²) in [7, 11) is 3.39. The normalized spacial score (nSPS) is 24.9. The minimum atomic E-state index is 0.00417. The molecule has 0 saturated heterocycles. The third-order valence-electron chi connectivity index (χ3n) is 4.24. The number of hydrogen-bond acceptors (Lipinski definition) is 3. The van der Waals surface area contributed by atoms with Crippen molar-refractivity contribution in [3.05, 3.63) is 22.8 Å². The van der Waals surface area contributed by atoms with Crippen LogP contribution in [0, 0.1) is 0 Å². The van der Waals surface area contributed by atoms with Crippen LogP contribution in [0.15, 0.2) is 6.07 Å².